The minimum atomic E-state index is -0.306. The van der Waals surface area contributed by atoms with Crippen molar-refractivity contribution in [1.29, 1.82) is 0 Å². The zero-order chi connectivity index (χ0) is 17.6. The number of amides is 1. The van der Waals surface area contributed by atoms with Crippen LogP contribution in [0.15, 0.2) is 84.9 Å². The summed E-state index contributed by atoms with van der Waals surface area (Å²) in [6, 6.07) is 27.4. The van der Waals surface area contributed by atoms with Gasteiger partial charge in [-0.05, 0) is 28.8 Å². The number of nitrogens with zero attached hydrogens (tertiary/aromatic N) is 1. The molecule has 0 saturated heterocycles. The first-order valence-electron chi connectivity index (χ1n) is 8.24. The number of carbonyl (C=O) groups is 1. The molecule has 0 aliphatic heterocycles. The molecule has 0 saturated carbocycles. The molecule has 0 fully saturated rings. The quantitative estimate of drug-likeness (QED) is 0.625. The lowest BCUT2D eigenvalue weighted by Crippen LogP contribution is -2.32. The second-order valence-electron chi connectivity index (χ2n) is 6.08. The summed E-state index contributed by atoms with van der Waals surface area (Å²) in [6.07, 6.45) is 0. The third kappa shape index (κ3) is 4.28. The molecule has 0 aliphatic rings. The summed E-state index contributed by atoms with van der Waals surface area (Å²) in [5.41, 5.74) is 3.06. The number of hydrogen-bond donors (Lipinski definition) is 0. The molecule has 0 heterocycles. The lowest BCUT2D eigenvalue weighted by Gasteiger charge is -2.25. The molecular weight excluding hydrogens is 330 g/mol. The maximum absolute atomic E-state index is 13.2. The summed E-state index contributed by atoms with van der Waals surface area (Å²) in [7, 11) is 1.84. The van der Waals surface area contributed by atoms with Gasteiger partial charge < -0.3 is 4.90 Å². The van der Waals surface area contributed by atoms with Crippen molar-refractivity contribution in [2.75, 3.05) is 7.05 Å². The molecule has 0 spiro atoms. The highest BCUT2D eigenvalue weighted by Gasteiger charge is 2.25. The van der Waals surface area contributed by atoms with Gasteiger partial charge in [-0.3, -0.25) is 4.79 Å². The number of likely N-dealkylation sites (N-methyl/N-ethyl adjacent to an activating group) is 1. The Balaban J connectivity index is 1.87. The Morgan fingerprint density at radius 3 is 1.80 bits per heavy atom. The molecule has 126 valence electrons. The Bertz CT molecular complexity index is 776. The van der Waals surface area contributed by atoms with Crippen LogP contribution in [0.5, 0.6) is 0 Å². The first kappa shape index (κ1) is 17.2. The Kier molecular flexibility index (Phi) is 5.52. The first-order valence-corrected chi connectivity index (χ1v) is 8.62. The molecule has 0 unspecified atom stereocenters. The van der Waals surface area contributed by atoms with Crippen LogP contribution in [0.1, 0.15) is 22.6 Å². The predicted octanol–water partition coefficient (Wildman–Crippen LogP) is 5.13. The predicted molar refractivity (Wildman–Crippen MR) is 103 cm³/mol. The van der Waals surface area contributed by atoms with Crippen LogP contribution in [0.2, 0.25) is 5.02 Å². The minimum Gasteiger partial charge on any atom is -0.341 e. The summed E-state index contributed by atoms with van der Waals surface area (Å²) < 4.78 is 0. The van der Waals surface area contributed by atoms with Gasteiger partial charge in [0.1, 0.15) is 0 Å². The second-order valence-corrected chi connectivity index (χ2v) is 6.51. The van der Waals surface area contributed by atoms with Gasteiger partial charge in [0.05, 0.1) is 5.92 Å². The van der Waals surface area contributed by atoms with Crippen LogP contribution >= 0.6 is 11.6 Å². The molecular formula is C22H20ClNO. The first-order chi connectivity index (χ1) is 12.1. The second kappa shape index (κ2) is 8.00. The molecule has 0 atom stereocenters. The normalized spacial score (nSPS) is 10.7. The van der Waals surface area contributed by atoms with Gasteiger partial charge in [-0.25, -0.2) is 0 Å². The molecule has 25 heavy (non-hydrogen) atoms. The zero-order valence-electron chi connectivity index (χ0n) is 14.1. The van der Waals surface area contributed by atoms with Crippen molar-refractivity contribution in [3.05, 3.63) is 107 Å². The minimum absolute atomic E-state index is 0.0763. The van der Waals surface area contributed by atoms with Gasteiger partial charge >= 0.3 is 0 Å². The maximum Gasteiger partial charge on any atom is 0.234 e. The Morgan fingerprint density at radius 2 is 1.32 bits per heavy atom. The Labute approximate surface area is 153 Å². The number of halogens is 1. The van der Waals surface area contributed by atoms with E-state index in [1.807, 2.05) is 92.0 Å². The van der Waals surface area contributed by atoms with Crippen molar-refractivity contribution in [3.8, 4) is 0 Å². The summed E-state index contributed by atoms with van der Waals surface area (Å²) in [5, 5.41) is 0.698. The highest BCUT2D eigenvalue weighted by Crippen LogP contribution is 2.27. The average molecular weight is 350 g/mol. The van der Waals surface area contributed by atoms with Crippen LogP contribution in [0.4, 0.5) is 0 Å². The maximum atomic E-state index is 13.2. The van der Waals surface area contributed by atoms with Crippen LogP contribution < -0.4 is 0 Å². The molecule has 3 aromatic rings. The van der Waals surface area contributed by atoms with Gasteiger partial charge in [-0.15, -0.1) is 0 Å². The molecule has 0 radical (unpaired) electrons. The number of benzene rings is 3. The van der Waals surface area contributed by atoms with Crippen molar-refractivity contribution < 1.29 is 4.79 Å². The fourth-order valence-electron chi connectivity index (χ4n) is 2.93. The van der Waals surface area contributed by atoms with E-state index in [1.165, 1.54) is 0 Å². The molecule has 3 rings (SSSR count). The fourth-order valence-corrected chi connectivity index (χ4v) is 3.06. The van der Waals surface area contributed by atoms with Crippen molar-refractivity contribution in [2.45, 2.75) is 12.5 Å². The van der Waals surface area contributed by atoms with Crippen LogP contribution in [-0.4, -0.2) is 17.9 Å². The largest absolute Gasteiger partial charge is 0.341 e. The van der Waals surface area contributed by atoms with E-state index >= 15 is 0 Å². The highest BCUT2D eigenvalue weighted by atomic mass is 35.5. The highest BCUT2D eigenvalue weighted by molar-refractivity contribution is 6.30. The lowest BCUT2D eigenvalue weighted by molar-refractivity contribution is -0.131. The van der Waals surface area contributed by atoms with Crippen LogP contribution in [-0.2, 0) is 11.3 Å². The summed E-state index contributed by atoms with van der Waals surface area (Å²) in [6.45, 7) is 0.548. The van der Waals surface area contributed by atoms with E-state index in [1.54, 1.807) is 4.90 Å². The van der Waals surface area contributed by atoms with Gasteiger partial charge in [0.25, 0.3) is 0 Å². The van der Waals surface area contributed by atoms with E-state index in [4.69, 9.17) is 11.6 Å². The average Bonchev–Trinajstić information content (AvgIpc) is 2.65. The van der Waals surface area contributed by atoms with Gasteiger partial charge in [0.2, 0.25) is 5.91 Å². The third-order valence-corrected chi connectivity index (χ3v) is 4.47. The topological polar surface area (TPSA) is 20.3 Å². The third-order valence-electron chi connectivity index (χ3n) is 4.22. The fraction of sp³-hybridized carbons (Fsp3) is 0.136. The SMILES string of the molecule is CN(Cc1ccc(Cl)cc1)C(=O)C(c1ccccc1)c1ccccc1. The molecule has 3 heteroatoms. The van der Waals surface area contributed by atoms with Crippen LogP contribution in [0, 0.1) is 0 Å². The van der Waals surface area contributed by atoms with Gasteiger partial charge in [-0.2, -0.15) is 0 Å². The lowest BCUT2D eigenvalue weighted by atomic mass is 9.90. The smallest absolute Gasteiger partial charge is 0.234 e. The Hall–Kier alpha value is -2.58. The molecule has 2 nitrogen and oxygen atoms in total. The van der Waals surface area contributed by atoms with Crippen molar-refractivity contribution in [1.82, 2.24) is 4.90 Å². The van der Waals surface area contributed by atoms with Crippen molar-refractivity contribution in [3.63, 3.8) is 0 Å². The monoisotopic (exact) mass is 349 g/mol. The van der Waals surface area contributed by atoms with E-state index in [0.717, 1.165) is 16.7 Å². The van der Waals surface area contributed by atoms with Gasteiger partial charge in [0, 0.05) is 18.6 Å². The summed E-state index contributed by atoms with van der Waals surface area (Å²) in [5.74, 6) is -0.230. The standard InChI is InChI=1S/C22H20ClNO/c1-24(16-17-12-14-20(23)15-13-17)22(25)21(18-8-4-2-5-9-18)19-10-6-3-7-11-19/h2-15,21H,16H2,1H3. The van der Waals surface area contributed by atoms with E-state index in [-0.39, 0.29) is 11.8 Å². The zero-order valence-corrected chi connectivity index (χ0v) is 14.9. The molecule has 0 N–H and O–H groups in total. The summed E-state index contributed by atoms with van der Waals surface area (Å²) >= 11 is 5.94. The van der Waals surface area contributed by atoms with Crippen LogP contribution in [0.3, 0.4) is 0 Å². The molecule has 3 aromatic carbocycles. The molecule has 0 aliphatic carbocycles. The van der Waals surface area contributed by atoms with E-state index in [0.29, 0.717) is 11.6 Å². The molecule has 0 bridgehead atoms. The van der Waals surface area contributed by atoms with Crippen LogP contribution in [0.25, 0.3) is 0 Å². The number of rotatable bonds is 5. The Morgan fingerprint density at radius 1 is 0.840 bits per heavy atom. The van der Waals surface area contributed by atoms with Crippen molar-refractivity contribution in [2.24, 2.45) is 0 Å². The van der Waals surface area contributed by atoms with Gasteiger partial charge in [-0.1, -0.05) is 84.4 Å². The van der Waals surface area contributed by atoms with E-state index in [9.17, 15) is 4.79 Å². The summed E-state index contributed by atoms with van der Waals surface area (Å²) in [4.78, 5) is 15.0. The van der Waals surface area contributed by atoms with Crippen molar-refractivity contribution >= 4 is 17.5 Å². The molecule has 0 aromatic heterocycles. The molecule has 1 amide bonds. The van der Waals surface area contributed by atoms with E-state index in [2.05, 4.69) is 0 Å². The van der Waals surface area contributed by atoms with E-state index < -0.39 is 0 Å². The van der Waals surface area contributed by atoms with Gasteiger partial charge in [0.15, 0.2) is 0 Å². The number of hydrogen-bond acceptors (Lipinski definition) is 1. The number of carbonyl (C=O) groups excluding carboxylic acids is 1.